The van der Waals surface area contributed by atoms with Crippen molar-refractivity contribution >= 4 is 29.2 Å². The summed E-state index contributed by atoms with van der Waals surface area (Å²) in [6, 6.07) is 8.40. The van der Waals surface area contributed by atoms with E-state index in [0.29, 0.717) is 5.02 Å². The van der Waals surface area contributed by atoms with E-state index in [0.717, 1.165) is 0 Å². The lowest BCUT2D eigenvalue weighted by molar-refractivity contribution is 0.0691. The summed E-state index contributed by atoms with van der Waals surface area (Å²) in [5, 5.41) is 9.56. The molecule has 0 aliphatic heterocycles. The Labute approximate surface area is 124 Å². The lowest BCUT2D eigenvalue weighted by Gasteiger charge is -2.11. The number of hydrogen-bond acceptors (Lipinski definition) is 2. The molecule has 1 N–H and O–H groups in total. The molecule has 2 aromatic carbocycles. The van der Waals surface area contributed by atoms with Crippen molar-refractivity contribution in [3.05, 3.63) is 63.4 Å². The number of benzene rings is 2. The maximum atomic E-state index is 13.5. The largest absolute Gasteiger partial charge is 0.486 e. The van der Waals surface area contributed by atoms with E-state index < -0.39 is 11.8 Å². The summed E-state index contributed by atoms with van der Waals surface area (Å²) in [5.74, 6) is -1.66. The molecule has 0 aromatic heterocycles. The quantitative estimate of drug-likeness (QED) is 0.909. The van der Waals surface area contributed by atoms with Gasteiger partial charge in [0, 0.05) is 10.6 Å². The van der Waals surface area contributed by atoms with E-state index in [1.54, 1.807) is 0 Å². The number of carboxylic acid groups (broad SMARTS) is 1. The van der Waals surface area contributed by atoms with Crippen molar-refractivity contribution in [1.82, 2.24) is 0 Å². The van der Waals surface area contributed by atoms with Crippen molar-refractivity contribution in [1.29, 1.82) is 0 Å². The van der Waals surface area contributed by atoms with Gasteiger partial charge in [0.25, 0.3) is 0 Å². The topological polar surface area (TPSA) is 46.5 Å². The molecule has 0 unspecified atom stereocenters. The van der Waals surface area contributed by atoms with Crippen LogP contribution in [-0.4, -0.2) is 11.1 Å². The molecule has 6 heteroatoms. The van der Waals surface area contributed by atoms with Crippen molar-refractivity contribution in [2.75, 3.05) is 0 Å². The number of ether oxygens (including phenoxy) is 1. The maximum absolute atomic E-state index is 13.5. The second-order valence-corrected chi connectivity index (χ2v) is 4.79. The van der Waals surface area contributed by atoms with Gasteiger partial charge in [-0.25, -0.2) is 9.18 Å². The fourth-order valence-electron chi connectivity index (χ4n) is 1.63. The van der Waals surface area contributed by atoms with Crippen molar-refractivity contribution in [2.24, 2.45) is 0 Å². The first-order valence-electron chi connectivity index (χ1n) is 5.57. The molecule has 0 radical (unpaired) electrons. The van der Waals surface area contributed by atoms with Crippen LogP contribution in [0.15, 0.2) is 36.4 Å². The molecule has 20 heavy (non-hydrogen) atoms. The Morgan fingerprint density at radius 3 is 2.70 bits per heavy atom. The standard InChI is InChI=1S/C14H9Cl2FO3/c15-9-4-5-12(17)8(6-9)7-20-13-10(14(18)19)2-1-3-11(13)16/h1-6H,7H2,(H,18,19). The van der Waals surface area contributed by atoms with E-state index in [2.05, 4.69) is 0 Å². The molecule has 0 aliphatic carbocycles. The van der Waals surface area contributed by atoms with Gasteiger partial charge in [0.05, 0.1) is 5.02 Å². The highest BCUT2D eigenvalue weighted by Crippen LogP contribution is 2.30. The Bertz CT molecular complexity index is 659. The van der Waals surface area contributed by atoms with Gasteiger partial charge in [0.2, 0.25) is 0 Å². The molecule has 0 spiro atoms. The van der Waals surface area contributed by atoms with Crippen molar-refractivity contribution in [3.8, 4) is 5.75 Å². The smallest absolute Gasteiger partial charge is 0.339 e. The average Bonchev–Trinajstić information content (AvgIpc) is 2.40. The van der Waals surface area contributed by atoms with E-state index in [1.165, 1.54) is 36.4 Å². The van der Waals surface area contributed by atoms with Gasteiger partial charge in [-0.3, -0.25) is 0 Å². The zero-order valence-electron chi connectivity index (χ0n) is 10.1. The van der Waals surface area contributed by atoms with Gasteiger partial charge in [-0.15, -0.1) is 0 Å². The van der Waals surface area contributed by atoms with E-state index in [9.17, 15) is 9.18 Å². The molecule has 0 heterocycles. The summed E-state index contributed by atoms with van der Waals surface area (Å²) in [6.07, 6.45) is 0. The maximum Gasteiger partial charge on any atom is 0.339 e. The number of hydrogen-bond donors (Lipinski definition) is 1. The molecule has 104 valence electrons. The third kappa shape index (κ3) is 3.21. The SMILES string of the molecule is O=C(O)c1cccc(Cl)c1OCc1cc(Cl)ccc1F. The molecule has 0 saturated heterocycles. The van der Waals surface area contributed by atoms with Gasteiger partial charge in [-0.2, -0.15) is 0 Å². The van der Waals surface area contributed by atoms with Crippen LogP contribution in [0.3, 0.4) is 0 Å². The predicted molar refractivity (Wildman–Crippen MR) is 74.2 cm³/mol. The Kier molecular flexibility index (Phi) is 4.47. The fraction of sp³-hybridized carbons (Fsp3) is 0.0714. The van der Waals surface area contributed by atoms with E-state index >= 15 is 0 Å². The number of halogens is 3. The van der Waals surface area contributed by atoms with Crippen LogP contribution in [0.2, 0.25) is 10.0 Å². The summed E-state index contributed by atoms with van der Waals surface area (Å²) < 4.78 is 18.9. The zero-order valence-corrected chi connectivity index (χ0v) is 11.6. The second-order valence-electron chi connectivity index (χ2n) is 3.95. The molecule has 0 bridgehead atoms. The van der Waals surface area contributed by atoms with Crippen LogP contribution in [0.25, 0.3) is 0 Å². The lowest BCUT2D eigenvalue weighted by Crippen LogP contribution is -2.05. The molecule has 3 nitrogen and oxygen atoms in total. The van der Waals surface area contributed by atoms with Gasteiger partial charge in [-0.05, 0) is 30.3 Å². The monoisotopic (exact) mass is 314 g/mol. The van der Waals surface area contributed by atoms with Crippen LogP contribution in [0.1, 0.15) is 15.9 Å². The van der Waals surface area contributed by atoms with Crippen LogP contribution < -0.4 is 4.74 Å². The lowest BCUT2D eigenvalue weighted by atomic mass is 10.2. The number of carboxylic acids is 1. The molecule has 2 rings (SSSR count). The third-order valence-corrected chi connectivity index (χ3v) is 3.11. The number of carbonyl (C=O) groups is 1. The molecular weight excluding hydrogens is 306 g/mol. The minimum atomic E-state index is -1.17. The molecule has 2 aromatic rings. The summed E-state index contributed by atoms with van der Waals surface area (Å²) in [5.41, 5.74) is 0.133. The van der Waals surface area contributed by atoms with E-state index in [4.69, 9.17) is 33.0 Å². The van der Waals surface area contributed by atoms with Crippen LogP contribution in [-0.2, 0) is 6.61 Å². The normalized spacial score (nSPS) is 10.3. The molecule has 0 saturated carbocycles. The highest BCUT2D eigenvalue weighted by molar-refractivity contribution is 6.32. The Hall–Kier alpha value is -1.78. The number of para-hydroxylation sites is 1. The van der Waals surface area contributed by atoms with Gasteiger partial charge in [-0.1, -0.05) is 29.3 Å². The van der Waals surface area contributed by atoms with Crippen molar-refractivity contribution < 1.29 is 19.0 Å². The third-order valence-electron chi connectivity index (χ3n) is 2.58. The van der Waals surface area contributed by atoms with Crippen molar-refractivity contribution in [2.45, 2.75) is 6.61 Å². The van der Waals surface area contributed by atoms with E-state index in [-0.39, 0.29) is 28.5 Å². The van der Waals surface area contributed by atoms with Crippen LogP contribution >= 0.6 is 23.2 Å². The molecular formula is C14H9Cl2FO3. The zero-order chi connectivity index (χ0) is 14.7. The van der Waals surface area contributed by atoms with Crippen LogP contribution in [0.5, 0.6) is 5.75 Å². The first-order chi connectivity index (χ1) is 9.49. The van der Waals surface area contributed by atoms with Crippen LogP contribution in [0, 0.1) is 5.82 Å². The molecule has 0 fully saturated rings. The van der Waals surface area contributed by atoms with Gasteiger partial charge in [0.1, 0.15) is 18.0 Å². The van der Waals surface area contributed by atoms with E-state index in [1.807, 2.05) is 0 Å². The first kappa shape index (κ1) is 14.6. The molecule has 0 amide bonds. The highest BCUT2D eigenvalue weighted by atomic mass is 35.5. The Morgan fingerprint density at radius 1 is 1.25 bits per heavy atom. The molecule has 0 aliphatic rings. The van der Waals surface area contributed by atoms with Gasteiger partial charge >= 0.3 is 5.97 Å². The van der Waals surface area contributed by atoms with Crippen molar-refractivity contribution in [3.63, 3.8) is 0 Å². The summed E-state index contributed by atoms with van der Waals surface area (Å²) >= 11 is 11.7. The predicted octanol–water partition coefficient (Wildman–Crippen LogP) is 4.41. The minimum Gasteiger partial charge on any atom is -0.486 e. The second kappa shape index (κ2) is 6.11. The Balaban J connectivity index is 2.27. The van der Waals surface area contributed by atoms with Gasteiger partial charge < -0.3 is 9.84 Å². The van der Waals surface area contributed by atoms with Crippen LogP contribution in [0.4, 0.5) is 4.39 Å². The van der Waals surface area contributed by atoms with Gasteiger partial charge in [0.15, 0.2) is 5.75 Å². The highest BCUT2D eigenvalue weighted by Gasteiger charge is 2.15. The average molecular weight is 315 g/mol. The minimum absolute atomic E-state index is 0.000965. The Morgan fingerprint density at radius 2 is 2.00 bits per heavy atom. The molecule has 0 atom stereocenters. The fourth-order valence-corrected chi connectivity index (χ4v) is 2.05. The summed E-state index contributed by atoms with van der Waals surface area (Å²) in [7, 11) is 0. The summed E-state index contributed by atoms with van der Waals surface area (Å²) in [4.78, 5) is 11.1. The first-order valence-corrected chi connectivity index (χ1v) is 6.33. The number of aromatic carboxylic acids is 1. The number of rotatable bonds is 4. The summed E-state index contributed by atoms with van der Waals surface area (Å²) in [6.45, 7) is -0.170.